The minimum atomic E-state index is -1.16. The van der Waals surface area contributed by atoms with Gasteiger partial charge in [0.15, 0.2) is 0 Å². The summed E-state index contributed by atoms with van der Waals surface area (Å²) in [4.78, 5) is 22.3. The molecular weight excluding hydrogens is 208 g/mol. The zero-order valence-electron chi connectivity index (χ0n) is 10.3. The maximum atomic E-state index is 11.2. The summed E-state index contributed by atoms with van der Waals surface area (Å²) in [5.41, 5.74) is 0. The molecule has 0 saturated heterocycles. The van der Waals surface area contributed by atoms with Gasteiger partial charge in [-0.3, -0.25) is 4.79 Å². The molecule has 0 aromatic rings. The summed E-state index contributed by atoms with van der Waals surface area (Å²) in [5.74, 6) is -1.53. The third-order valence-electron chi connectivity index (χ3n) is 2.41. The van der Waals surface area contributed by atoms with Crippen molar-refractivity contribution >= 4 is 11.9 Å². The van der Waals surface area contributed by atoms with Crippen molar-refractivity contribution in [3.63, 3.8) is 0 Å². The average molecular weight is 228 g/mol. The van der Waals surface area contributed by atoms with Crippen LogP contribution in [0.3, 0.4) is 0 Å². The number of nitrogens with zero attached hydrogens (tertiary/aromatic N) is 1. The monoisotopic (exact) mass is 228 g/mol. The van der Waals surface area contributed by atoms with Gasteiger partial charge in [-0.25, -0.2) is 0 Å². The van der Waals surface area contributed by atoms with Gasteiger partial charge in [0.1, 0.15) is 12.0 Å². The lowest BCUT2D eigenvalue weighted by molar-refractivity contribution is -0.890. The maximum absolute atomic E-state index is 11.2. The van der Waals surface area contributed by atoms with Crippen LogP contribution in [0.1, 0.15) is 13.3 Å². The molecule has 0 rings (SSSR count). The first kappa shape index (κ1) is 14.6. The molecule has 1 amide bonds. The number of quaternary nitrogens is 1. The van der Waals surface area contributed by atoms with Crippen LogP contribution in [0.2, 0.25) is 0 Å². The summed E-state index contributed by atoms with van der Waals surface area (Å²) in [6, 6.07) is -1.25. The Hall–Kier alpha value is -1.36. The molecule has 16 heavy (non-hydrogen) atoms. The van der Waals surface area contributed by atoms with Crippen LogP contribution >= 0.6 is 0 Å². The van der Waals surface area contributed by atoms with Crippen molar-refractivity contribution in [1.29, 1.82) is 0 Å². The molecule has 1 N–H and O–H groups in total. The highest BCUT2D eigenvalue weighted by molar-refractivity contribution is 5.87. The molecule has 0 aromatic carbocycles. The fourth-order valence-corrected chi connectivity index (χ4v) is 1.67. The summed E-state index contributed by atoms with van der Waals surface area (Å²) in [6.07, 6.45) is 1.65. The predicted molar refractivity (Wildman–Crippen MR) is 59.2 cm³/mol. The van der Waals surface area contributed by atoms with Crippen molar-refractivity contribution in [3.05, 3.63) is 12.7 Å². The van der Waals surface area contributed by atoms with E-state index in [9.17, 15) is 14.7 Å². The summed E-state index contributed by atoms with van der Waals surface area (Å²) >= 11 is 0. The third kappa shape index (κ3) is 4.02. The van der Waals surface area contributed by atoms with Gasteiger partial charge in [-0.1, -0.05) is 13.5 Å². The van der Waals surface area contributed by atoms with E-state index < -0.39 is 18.1 Å². The Labute approximate surface area is 96.3 Å². The first-order valence-electron chi connectivity index (χ1n) is 5.19. The molecule has 2 unspecified atom stereocenters. The molecule has 5 heteroatoms. The second-order valence-corrected chi connectivity index (χ2v) is 4.61. The van der Waals surface area contributed by atoms with E-state index in [1.807, 2.05) is 6.92 Å². The number of rotatable bonds is 6. The fraction of sp³-hybridized carbons (Fsp3) is 0.636. The van der Waals surface area contributed by atoms with Gasteiger partial charge in [0.05, 0.1) is 27.2 Å². The van der Waals surface area contributed by atoms with Crippen molar-refractivity contribution in [3.8, 4) is 0 Å². The number of aliphatic carboxylic acids is 1. The van der Waals surface area contributed by atoms with Crippen LogP contribution in [0, 0.1) is 0 Å². The van der Waals surface area contributed by atoms with Gasteiger partial charge >= 0.3 is 0 Å². The van der Waals surface area contributed by atoms with Gasteiger partial charge in [0.25, 0.3) is 0 Å². The minimum absolute atomic E-state index is 0.193. The van der Waals surface area contributed by atoms with E-state index in [2.05, 4.69) is 11.9 Å². The number of likely N-dealkylation sites (N-methyl/N-ethyl adjacent to an activating group) is 1. The van der Waals surface area contributed by atoms with Gasteiger partial charge in [0, 0.05) is 0 Å². The van der Waals surface area contributed by atoms with Gasteiger partial charge in [-0.05, 0) is 12.5 Å². The van der Waals surface area contributed by atoms with Crippen molar-refractivity contribution < 1.29 is 19.2 Å². The quantitative estimate of drug-likeness (QED) is 0.463. The fourth-order valence-electron chi connectivity index (χ4n) is 1.67. The molecule has 0 heterocycles. The molecule has 0 aromatic heterocycles. The highest BCUT2D eigenvalue weighted by Crippen LogP contribution is 2.10. The first-order valence-corrected chi connectivity index (χ1v) is 5.19. The lowest BCUT2D eigenvalue weighted by Gasteiger charge is -2.39. The lowest BCUT2D eigenvalue weighted by atomic mass is 10.0. The number of carboxylic acid groups (broad SMARTS) is 1. The van der Waals surface area contributed by atoms with Crippen LogP contribution in [-0.2, 0) is 9.59 Å². The topological polar surface area (TPSA) is 69.2 Å². The molecule has 0 radical (unpaired) electrons. The van der Waals surface area contributed by atoms with Crippen molar-refractivity contribution in [2.45, 2.75) is 25.4 Å². The number of amides is 1. The molecule has 0 saturated carbocycles. The molecule has 0 spiro atoms. The smallest absolute Gasteiger partial charge is 0.243 e. The number of nitrogens with one attached hydrogen (secondary N) is 1. The summed E-state index contributed by atoms with van der Waals surface area (Å²) in [5, 5.41) is 13.7. The minimum Gasteiger partial charge on any atom is -0.544 e. The van der Waals surface area contributed by atoms with E-state index in [-0.39, 0.29) is 10.4 Å². The van der Waals surface area contributed by atoms with Crippen LogP contribution in [0.25, 0.3) is 0 Å². The Bertz CT molecular complexity index is 281. The largest absolute Gasteiger partial charge is 0.544 e. The molecule has 0 aliphatic rings. The average Bonchev–Trinajstić information content (AvgIpc) is 2.13. The van der Waals surface area contributed by atoms with E-state index in [4.69, 9.17) is 0 Å². The molecule has 0 bridgehead atoms. The Kier molecular flexibility index (Phi) is 5.17. The van der Waals surface area contributed by atoms with Crippen LogP contribution in [-0.4, -0.2) is 49.6 Å². The summed E-state index contributed by atoms with van der Waals surface area (Å²) in [7, 11) is 5.26. The van der Waals surface area contributed by atoms with Crippen LogP contribution < -0.4 is 10.4 Å². The van der Waals surface area contributed by atoms with E-state index in [0.29, 0.717) is 6.42 Å². The number of carboxylic acids is 1. The Morgan fingerprint density at radius 2 is 1.94 bits per heavy atom. The van der Waals surface area contributed by atoms with Crippen molar-refractivity contribution in [1.82, 2.24) is 5.32 Å². The first-order chi connectivity index (χ1) is 7.23. The number of carbonyl (C=O) groups excluding carboxylic acids is 2. The third-order valence-corrected chi connectivity index (χ3v) is 2.41. The van der Waals surface area contributed by atoms with E-state index in [1.165, 1.54) is 0 Å². The van der Waals surface area contributed by atoms with Gasteiger partial charge < -0.3 is 19.7 Å². The van der Waals surface area contributed by atoms with Crippen LogP contribution in [0.5, 0.6) is 0 Å². The Morgan fingerprint density at radius 1 is 1.44 bits per heavy atom. The number of carbonyl (C=O) groups is 2. The lowest BCUT2D eigenvalue weighted by Crippen LogP contribution is -2.64. The molecular formula is C11H20N2O3. The molecule has 5 nitrogen and oxygen atoms in total. The predicted octanol–water partition coefficient (Wildman–Crippen LogP) is -1.11. The van der Waals surface area contributed by atoms with Crippen molar-refractivity contribution in [2.24, 2.45) is 0 Å². The number of hydrogen-bond donors (Lipinski definition) is 1. The van der Waals surface area contributed by atoms with Crippen LogP contribution in [0.4, 0.5) is 0 Å². The summed E-state index contributed by atoms with van der Waals surface area (Å²) in [6.45, 7) is 5.15. The standard InChI is InChI=1S/C11H20N2O3/c1-6-8(12-9(14)7-2)10(11(15)16)13(3,4)5/h7-8,10H,2,6H2,1,3-5H3,(H-,12,14,15,16). The van der Waals surface area contributed by atoms with Gasteiger partial charge in [-0.15, -0.1) is 0 Å². The normalized spacial score (nSPS) is 15.0. The maximum Gasteiger partial charge on any atom is 0.243 e. The van der Waals surface area contributed by atoms with Gasteiger partial charge in [-0.2, -0.15) is 0 Å². The zero-order valence-corrected chi connectivity index (χ0v) is 10.3. The highest BCUT2D eigenvalue weighted by Gasteiger charge is 2.33. The van der Waals surface area contributed by atoms with E-state index >= 15 is 0 Å². The molecule has 2 atom stereocenters. The van der Waals surface area contributed by atoms with Crippen molar-refractivity contribution in [2.75, 3.05) is 21.1 Å². The van der Waals surface area contributed by atoms with E-state index in [1.54, 1.807) is 21.1 Å². The Morgan fingerprint density at radius 3 is 2.19 bits per heavy atom. The SMILES string of the molecule is C=CC(=O)NC(CC)C(C(=O)[O-])[N+](C)(C)C. The van der Waals surface area contributed by atoms with Gasteiger partial charge in [0.2, 0.25) is 5.91 Å². The second kappa shape index (κ2) is 5.65. The van der Waals surface area contributed by atoms with E-state index in [0.717, 1.165) is 6.08 Å². The molecule has 0 aliphatic carbocycles. The molecule has 92 valence electrons. The molecule has 0 aliphatic heterocycles. The van der Waals surface area contributed by atoms with Crippen LogP contribution in [0.15, 0.2) is 12.7 Å². The summed E-state index contributed by atoms with van der Waals surface area (Å²) < 4.78 is 0.193. The highest BCUT2D eigenvalue weighted by atomic mass is 16.4. The second-order valence-electron chi connectivity index (χ2n) is 4.61. The molecule has 0 fully saturated rings. The Balaban J connectivity index is 4.93. The zero-order chi connectivity index (χ0) is 12.9. The number of hydrogen-bond acceptors (Lipinski definition) is 3.